The number of hydrogen-bond acceptors (Lipinski definition) is 2. The van der Waals surface area contributed by atoms with Gasteiger partial charge in [0.15, 0.2) is 0 Å². The van der Waals surface area contributed by atoms with Gasteiger partial charge in [-0.15, -0.1) is 0 Å². The van der Waals surface area contributed by atoms with E-state index in [1.165, 1.54) is 25.0 Å². The van der Waals surface area contributed by atoms with Crippen LogP contribution in [0.25, 0.3) is 0 Å². The number of halogens is 1. The van der Waals surface area contributed by atoms with Crippen LogP contribution in [0.4, 0.5) is 4.39 Å². The van der Waals surface area contributed by atoms with E-state index in [0.717, 1.165) is 38.2 Å². The SMILES string of the molecule is O=C(Cc1ccc(F)cc1)N1CCC2(CCNCC2)C1. The molecule has 3 nitrogen and oxygen atoms in total. The Balaban J connectivity index is 1.59. The smallest absolute Gasteiger partial charge is 0.227 e. The van der Waals surface area contributed by atoms with Crippen LogP contribution in [0, 0.1) is 11.2 Å². The van der Waals surface area contributed by atoms with E-state index in [1.54, 1.807) is 12.1 Å². The highest BCUT2D eigenvalue weighted by atomic mass is 19.1. The van der Waals surface area contributed by atoms with Gasteiger partial charge in [0.05, 0.1) is 6.42 Å². The third kappa shape index (κ3) is 2.85. The fourth-order valence-electron chi connectivity index (χ4n) is 3.40. The van der Waals surface area contributed by atoms with E-state index in [0.29, 0.717) is 11.8 Å². The molecule has 1 amide bonds. The van der Waals surface area contributed by atoms with Crippen LogP contribution in [-0.4, -0.2) is 37.0 Å². The quantitative estimate of drug-likeness (QED) is 0.895. The summed E-state index contributed by atoms with van der Waals surface area (Å²) in [4.78, 5) is 14.3. The van der Waals surface area contributed by atoms with Crippen molar-refractivity contribution >= 4 is 5.91 Å². The lowest BCUT2D eigenvalue weighted by Crippen LogP contribution is -2.40. The number of hydrogen-bond donors (Lipinski definition) is 1. The van der Waals surface area contributed by atoms with Gasteiger partial charge >= 0.3 is 0 Å². The van der Waals surface area contributed by atoms with Gasteiger partial charge in [-0.05, 0) is 55.5 Å². The predicted octanol–water partition coefficient (Wildman–Crippen LogP) is 1.97. The van der Waals surface area contributed by atoms with Crippen LogP contribution in [0.3, 0.4) is 0 Å². The lowest BCUT2D eigenvalue weighted by Gasteiger charge is -2.33. The van der Waals surface area contributed by atoms with Gasteiger partial charge in [-0.3, -0.25) is 4.79 Å². The summed E-state index contributed by atoms with van der Waals surface area (Å²) in [6.07, 6.45) is 3.86. The first-order valence-corrected chi connectivity index (χ1v) is 7.40. The molecule has 2 aliphatic heterocycles. The lowest BCUT2D eigenvalue weighted by atomic mass is 9.78. The second kappa shape index (κ2) is 5.52. The van der Waals surface area contributed by atoms with E-state index in [2.05, 4.69) is 5.32 Å². The summed E-state index contributed by atoms with van der Waals surface area (Å²) in [5, 5.41) is 3.39. The molecule has 3 rings (SSSR count). The third-order valence-electron chi connectivity index (χ3n) is 4.72. The molecule has 1 spiro atoms. The lowest BCUT2D eigenvalue weighted by molar-refractivity contribution is -0.129. The molecule has 2 fully saturated rings. The summed E-state index contributed by atoms with van der Waals surface area (Å²) in [6.45, 7) is 3.91. The van der Waals surface area contributed by atoms with Gasteiger partial charge in [0.25, 0.3) is 0 Å². The van der Waals surface area contributed by atoms with Crippen molar-refractivity contribution in [3.8, 4) is 0 Å². The Labute approximate surface area is 119 Å². The Morgan fingerprint density at radius 1 is 1.20 bits per heavy atom. The minimum Gasteiger partial charge on any atom is -0.342 e. The molecule has 0 unspecified atom stereocenters. The number of likely N-dealkylation sites (tertiary alicyclic amines) is 1. The molecular weight excluding hydrogens is 255 g/mol. The van der Waals surface area contributed by atoms with Gasteiger partial charge in [-0.2, -0.15) is 0 Å². The maximum atomic E-state index is 12.9. The Morgan fingerprint density at radius 2 is 1.90 bits per heavy atom. The average molecular weight is 276 g/mol. The minimum atomic E-state index is -0.254. The maximum absolute atomic E-state index is 12.9. The van der Waals surface area contributed by atoms with Crippen LogP contribution in [0.2, 0.25) is 0 Å². The molecule has 0 aromatic heterocycles. The average Bonchev–Trinajstić information content (AvgIpc) is 2.86. The van der Waals surface area contributed by atoms with Crippen LogP contribution in [0.1, 0.15) is 24.8 Å². The Morgan fingerprint density at radius 3 is 2.60 bits per heavy atom. The van der Waals surface area contributed by atoms with Crippen molar-refractivity contribution in [2.75, 3.05) is 26.2 Å². The number of nitrogens with one attached hydrogen (secondary N) is 1. The van der Waals surface area contributed by atoms with Crippen LogP contribution < -0.4 is 5.32 Å². The van der Waals surface area contributed by atoms with Crippen molar-refractivity contribution in [1.82, 2.24) is 10.2 Å². The molecule has 0 atom stereocenters. The van der Waals surface area contributed by atoms with Gasteiger partial charge in [0, 0.05) is 13.1 Å². The third-order valence-corrected chi connectivity index (χ3v) is 4.72. The van der Waals surface area contributed by atoms with Crippen molar-refractivity contribution in [3.63, 3.8) is 0 Å². The van der Waals surface area contributed by atoms with E-state index in [1.807, 2.05) is 4.90 Å². The molecule has 2 heterocycles. The fourth-order valence-corrected chi connectivity index (χ4v) is 3.40. The Kier molecular flexibility index (Phi) is 3.74. The van der Waals surface area contributed by atoms with E-state index >= 15 is 0 Å². The van der Waals surface area contributed by atoms with Crippen LogP contribution in [-0.2, 0) is 11.2 Å². The Hall–Kier alpha value is -1.42. The summed E-state index contributed by atoms with van der Waals surface area (Å²) in [7, 11) is 0. The molecule has 1 aromatic carbocycles. The number of nitrogens with zero attached hydrogens (tertiary/aromatic N) is 1. The minimum absolute atomic E-state index is 0.173. The van der Waals surface area contributed by atoms with Crippen LogP contribution in [0.15, 0.2) is 24.3 Å². The summed E-state index contributed by atoms with van der Waals surface area (Å²) >= 11 is 0. The standard InChI is InChI=1S/C16H21FN2O/c17-14-3-1-13(2-4-14)11-15(20)19-10-7-16(12-19)5-8-18-9-6-16/h1-4,18H,5-12H2. The number of piperidine rings is 1. The van der Waals surface area contributed by atoms with Crippen molar-refractivity contribution in [1.29, 1.82) is 0 Å². The van der Waals surface area contributed by atoms with Gasteiger partial charge in [0.1, 0.15) is 5.82 Å². The number of carbonyl (C=O) groups excluding carboxylic acids is 1. The highest BCUT2D eigenvalue weighted by molar-refractivity contribution is 5.79. The normalized spacial score (nSPS) is 21.4. The molecule has 2 saturated heterocycles. The molecular formula is C16H21FN2O. The second-order valence-corrected chi connectivity index (χ2v) is 6.12. The first kappa shape index (κ1) is 13.6. The monoisotopic (exact) mass is 276 g/mol. The van der Waals surface area contributed by atoms with E-state index in [9.17, 15) is 9.18 Å². The number of amides is 1. The van der Waals surface area contributed by atoms with Crippen molar-refractivity contribution in [3.05, 3.63) is 35.6 Å². The summed E-state index contributed by atoms with van der Waals surface area (Å²) in [5.41, 5.74) is 1.24. The molecule has 1 N–H and O–H groups in total. The predicted molar refractivity (Wildman–Crippen MR) is 75.8 cm³/mol. The number of rotatable bonds is 2. The zero-order chi connectivity index (χ0) is 14.0. The second-order valence-electron chi connectivity index (χ2n) is 6.12. The molecule has 108 valence electrons. The number of benzene rings is 1. The largest absolute Gasteiger partial charge is 0.342 e. The molecule has 2 aliphatic rings. The van der Waals surface area contributed by atoms with Gasteiger partial charge < -0.3 is 10.2 Å². The highest BCUT2D eigenvalue weighted by Crippen LogP contribution is 2.38. The van der Waals surface area contributed by atoms with Gasteiger partial charge in [-0.25, -0.2) is 4.39 Å². The van der Waals surface area contributed by atoms with E-state index < -0.39 is 0 Å². The van der Waals surface area contributed by atoms with Crippen molar-refractivity contribution < 1.29 is 9.18 Å². The number of carbonyl (C=O) groups is 1. The zero-order valence-electron chi connectivity index (χ0n) is 11.7. The van der Waals surface area contributed by atoms with E-state index in [4.69, 9.17) is 0 Å². The molecule has 0 radical (unpaired) electrons. The highest BCUT2D eigenvalue weighted by Gasteiger charge is 2.40. The fraction of sp³-hybridized carbons (Fsp3) is 0.562. The van der Waals surface area contributed by atoms with Crippen molar-refractivity contribution in [2.45, 2.75) is 25.7 Å². The molecule has 0 bridgehead atoms. The van der Waals surface area contributed by atoms with Crippen LogP contribution >= 0.6 is 0 Å². The van der Waals surface area contributed by atoms with Crippen LogP contribution in [0.5, 0.6) is 0 Å². The maximum Gasteiger partial charge on any atom is 0.227 e. The summed E-state index contributed by atoms with van der Waals surface area (Å²) in [5.74, 6) is -0.0805. The first-order valence-electron chi connectivity index (χ1n) is 7.40. The van der Waals surface area contributed by atoms with Gasteiger partial charge in [0.2, 0.25) is 5.91 Å². The first-order chi connectivity index (χ1) is 9.67. The zero-order valence-corrected chi connectivity index (χ0v) is 11.7. The van der Waals surface area contributed by atoms with E-state index in [-0.39, 0.29) is 11.7 Å². The molecule has 1 aromatic rings. The molecule has 20 heavy (non-hydrogen) atoms. The molecule has 0 saturated carbocycles. The summed E-state index contributed by atoms with van der Waals surface area (Å²) in [6, 6.07) is 6.23. The molecule has 0 aliphatic carbocycles. The van der Waals surface area contributed by atoms with Gasteiger partial charge in [-0.1, -0.05) is 12.1 Å². The summed E-state index contributed by atoms with van der Waals surface area (Å²) < 4.78 is 12.9. The molecule has 4 heteroatoms. The van der Waals surface area contributed by atoms with Crippen molar-refractivity contribution in [2.24, 2.45) is 5.41 Å². The topological polar surface area (TPSA) is 32.3 Å². The Bertz CT molecular complexity index is 480.